The van der Waals surface area contributed by atoms with Gasteiger partial charge in [0.25, 0.3) is 0 Å². The van der Waals surface area contributed by atoms with Crippen molar-refractivity contribution in [2.75, 3.05) is 13.7 Å². The van der Waals surface area contributed by atoms with Crippen molar-refractivity contribution in [1.82, 2.24) is 0 Å². The Balaban J connectivity index is 3.49. The molecular weight excluding hydrogens is 114 g/mol. The number of hydrogen-bond donors (Lipinski definition) is 0. The van der Waals surface area contributed by atoms with Gasteiger partial charge >= 0.3 is 0 Å². The van der Waals surface area contributed by atoms with Gasteiger partial charge in [0, 0.05) is 27.4 Å². The summed E-state index contributed by atoms with van der Waals surface area (Å²) in [5.74, 6) is 0. The molecule has 0 aliphatic heterocycles. The zero-order valence-electron chi connectivity index (χ0n) is 6.27. The fraction of sp³-hybridized carbons (Fsp3) is 0.857. The number of rotatable bonds is 3. The van der Waals surface area contributed by atoms with Gasteiger partial charge in [0.1, 0.15) is 0 Å². The fourth-order valence-corrected chi connectivity index (χ4v) is 0.408. The van der Waals surface area contributed by atoms with Crippen LogP contribution in [-0.2, 0) is 4.74 Å². The Bertz CT molecular complexity index is 113. The van der Waals surface area contributed by atoms with Crippen LogP contribution in [0.1, 0.15) is 20.3 Å². The smallest absolute Gasteiger partial charge is 0.229 e. The summed E-state index contributed by atoms with van der Waals surface area (Å²) in [4.78, 5) is 3.43. The third kappa shape index (κ3) is 3.99. The quantitative estimate of drug-likeness (QED) is 0.526. The highest BCUT2D eigenvalue weighted by Gasteiger charge is 2.21. The third-order valence-corrected chi connectivity index (χ3v) is 1.22. The third-order valence-electron chi connectivity index (χ3n) is 1.22. The van der Waals surface area contributed by atoms with E-state index in [1.54, 1.807) is 7.11 Å². The van der Waals surface area contributed by atoms with Gasteiger partial charge in [-0.05, 0) is 0 Å². The molecular formula is C7H13NO. The minimum Gasteiger partial charge on any atom is -0.384 e. The molecule has 0 saturated carbocycles. The second kappa shape index (κ2) is 3.47. The molecule has 0 aromatic heterocycles. The van der Waals surface area contributed by atoms with Crippen LogP contribution in [0.15, 0.2) is 0 Å². The Morgan fingerprint density at radius 2 is 2.11 bits per heavy atom. The van der Waals surface area contributed by atoms with Gasteiger partial charge in [-0.15, -0.1) is 0 Å². The van der Waals surface area contributed by atoms with Crippen molar-refractivity contribution >= 4 is 0 Å². The summed E-state index contributed by atoms with van der Waals surface area (Å²) in [6, 6.07) is 0. The van der Waals surface area contributed by atoms with Crippen molar-refractivity contribution in [3.63, 3.8) is 0 Å². The Morgan fingerprint density at radius 3 is 2.44 bits per heavy atom. The van der Waals surface area contributed by atoms with Crippen LogP contribution in [0.25, 0.3) is 4.85 Å². The first-order valence-corrected chi connectivity index (χ1v) is 3.00. The molecule has 0 fully saturated rings. The summed E-state index contributed by atoms with van der Waals surface area (Å²) in [6.07, 6.45) is 0.812. The Labute approximate surface area is 56.6 Å². The van der Waals surface area contributed by atoms with Crippen molar-refractivity contribution in [3.05, 3.63) is 11.4 Å². The monoisotopic (exact) mass is 127 g/mol. The average molecular weight is 127 g/mol. The van der Waals surface area contributed by atoms with Gasteiger partial charge in [0.05, 0.1) is 6.61 Å². The standard InChI is InChI=1S/C7H13NO/c1-7(2,8-3)5-6-9-4/h5-6H2,1-2,4H3. The number of hydrogen-bond acceptors (Lipinski definition) is 1. The molecule has 0 unspecified atom stereocenters. The molecule has 0 saturated heterocycles. The van der Waals surface area contributed by atoms with Crippen LogP contribution >= 0.6 is 0 Å². The average Bonchev–Trinajstić information content (AvgIpc) is 1.84. The summed E-state index contributed by atoms with van der Waals surface area (Å²) in [6.45, 7) is 11.3. The molecule has 0 aromatic carbocycles. The molecule has 0 radical (unpaired) electrons. The number of nitrogens with zero attached hydrogens (tertiary/aromatic N) is 1. The topological polar surface area (TPSA) is 13.6 Å². The maximum absolute atomic E-state index is 6.75. The van der Waals surface area contributed by atoms with Crippen LogP contribution in [0.3, 0.4) is 0 Å². The maximum Gasteiger partial charge on any atom is 0.229 e. The minimum absolute atomic E-state index is 0.240. The molecule has 2 heteroatoms. The number of methoxy groups -OCH3 is 1. The summed E-state index contributed by atoms with van der Waals surface area (Å²) in [5, 5.41) is 0. The van der Waals surface area contributed by atoms with Crippen molar-refractivity contribution in [2.24, 2.45) is 0 Å². The van der Waals surface area contributed by atoms with E-state index in [1.165, 1.54) is 0 Å². The van der Waals surface area contributed by atoms with Crippen molar-refractivity contribution in [1.29, 1.82) is 0 Å². The predicted octanol–water partition coefficient (Wildman–Crippen LogP) is 1.72. The zero-order valence-corrected chi connectivity index (χ0v) is 6.27. The second-order valence-corrected chi connectivity index (χ2v) is 2.67. The molecule has 0 heterocycles. The van der Waals surface area contributed by atoms with Crippen molar-refractivity contribution < 1.29 is 4.74 Å². The lowest BCUT2D eigenvalue weighted by Crippen LogP contribution is -2.16. The first-order valence-electron chi connectivity index (χ1n) is 3.00. The minimum atomic E-state index is -0.240. The highest BCUT2D eigenvalue weighted by atomic mass is 16.5. The normalized spacial score (nSPS) is 10.9. The highest BCUT2D eigenvalue weighted by Crippen LogP contribution is 2.12. The van der Waals surface area contributed by atoms with E-state index in [1.807, 2.05) is 13.8 Å². The van der Waals surface area contributed by atoms with Gasteiger partial charge < -0.3 is 9.58 Å². The summed E-state index contributed by atoms with van der Waals surface area (Å²) in [5.41, 5.74) is -0.240. The molecule has 0 rings (SSSR count). The molecule has 9 heavy (non-hydrogen) atoms. The van der Waals surface area contributed by atoms with Crippen LogP contribution in [-0.4, -0.2) is 19.3 Å². The van der Waals surface area contributed by atoms with E-state index in [2.05, 4.69) is 4.85 Å². The fourth-order valence-electron chi connectivity index (χ4n) is 0.408. The van der Waals surface area contributed by atoms with Gasteiger partial charge in [0.15, 0.2) is 0 Å². The molecule has 0 N–H and O–H groups in total. The van der Waals surface area contributed by atoms with Crippen LogP contribution < -0.4 is 0 Å². The first kappa shape index (κ1) is 8.45. The van der Waals surface area contributed by atoms with E-state index in [0.717, 1.165) is 6.42 Å². The Hall–Kier alpha value is -0.550. The molecule has 0 amide bonds. The lowest BCUT2D eigenvalue weighted by molar-refractivity contribution is 0.182. The van der Waals surface area contributed by atoms with Gasteiger partial charge in [-0.3, -0.25) is 0 Å². The van der Waals surface area contributed by atoms with E-state index in [4.69, 9.17) is 11.3 Å². The van der Waals surface area contributed by atoms with E-state index in [0.29, 0.717) is 6.61 Å². The largest absolute Gasteiger partial charge is 0.384 e. The lowest BCUT2D eigenvalue weighted by atomic mass is 10.0. The van der Waals surface area contributed by atoms with E-state index >= 15 is 0 Å². The van der Waals surface area contributed by atoms with Crippen LogP contribution in [0.5, 0.6) is 0 Å². The zero-order chi connectivity index (χ0) is 7.33. The van der Waals surface area contributed by atoms with Crippen molar-refractivity contribution in [2.45, 2.75) is 25.8 Å². The van der Waals surface area contributed by atoms with E-state index < -0.39 is 0 Å². The van der Waals surface area contributed by atoms with Crippen LogP contribution in [0.2, 0.25) is 0 Å². The lowest BCUT2D eigenvalue weighted by Gasteiger charge is -2.08. The highest BCUT2D eigenvalue weighted by molar-refractivity contribution is 4.88. The summed E-state index contributed by atoms with van der Waals surface area (Å²) in [7, 11) is 1.65. The molecule has 0 aliphatic rings. The van der Waals surface area contributed by atoms with Gasteiger partial charge in [0.2, 0.25) is 5.54 Å². The molecule has 0 spiro atoms. The van der Waals surface area contributed by atoms with Gasteiger partial charge in [-0.2, -0.15) is 0 Å². The molecule has 0 bridgehead atoms. The molecule has 0 aliphatic carbocycles. The SMILES string of the molecule is [C-]#[N+]C(C)(C)CCOC. The van der Waals surface area contributed by atoms with E-state index in [-0.39, 0.29) is 5.54 Å². The number of ether oxygens (including phenoxy) is 1. The van der Waals surface area contributed by atoms with Crippen molar-refractivity contribution in [3.8, 4) is 0 Å². The van der Waals surface area contributed by atoms with Gasteiger partial charge in [-0.25, -0.2) is 6.57 Å². The second-order valence-electron chi connectivity index (χ2n) is 2.67. The van der Waals surface area contributed by atoms with Crippen LogP contribution in [0, 0.1) is 6.57 Å². The van der Waals surface area contributed by atoms with Gasteiger partial charge in [-0.1, -0.05) is 0 Å². The Kier molecular flexibility index (Phi) is 3.26. The molecule has 0 aromatic rings. The maximum atomic E-state index is 6.75. The predicted molar refractivity (Wildman–Crippen MR) is 37.2 cm³/mol. The summed E-state index contributed by atoms with van der Waals surface area (Å²) >= 11 is 0. The summed E-state index contributed by atoms with van der Waals surface area (Å²) < 4.78 is 4.84. The Morgan fingerprint density at radius 1 is 1.56 bits per heavy atom. The van der Waals surface area contributed by atoms with E-state index in [9.17, 15) is 0 Å². The molecule has 0 atom stereocenters. The van der Waals surface area contributed by atoms with Crippen LogP contribution in [0.4, 0.5) is 0 Å². The molecule has 52 valence electrons. The molecule has 2 nitrogen and oxygen atoms in total. The first-order chi connectivity index (χ1) is 4.12.